The summed E-state index contributed by atoms with van der Waals surface area (Å²) in [7, 11) is -3.59. The quantitative estimate of drug-likeness (QED) is 0.834. The van der Waals surface area contributed by atoms with E-state index in [4.69, 9.17) is 5.11 Å². The van der Waals surface area contributed by atoms with Crippen LogP contribution in [0.1, 0.15) is 22.5 Å². The minimum Gasteiger partial charge on any atom is -0.477 e. The SMILES string of the molecule is CSC1(CNS(=O)(=O)c2csc(C(=O)O)c2)CC1. The lowest BCUT2D eigenvalue weighted by Crippen LogP contribution is -2.31. The largest absolute Gasteiger partial charge is 0.477 e. The monoisotopic (exact) mass is 307 g/mol. The van der Waals surface area contributed by atoms with Gasteiger partial charge in [0.15, 0.2) is 0 Å². The Hall–Kier alpha value is -0.570. The first-order valence-electron chi connectivity index (χ1n) is 5.25. The van der Waals surface area contributed by atoms with Crippen molar-refractivity contribution in [3.8, 4) is 0 Å². The van der Waals surface area contributed by atoms with Crippen LogP contribution < -0.4 is 4.72 Å². The van der Waals surface area contributed by atoms with E-state index in [1.807, 2.05) is 6.26 Å². The van der Waals surface area contributed by atoms with Crippen LogP contribution in [-0.4, -0.2) is 37.0 Å². The van der Waals surface area contributed by atoms with Crippen LogP contribution in [0.3, 0.4) is 0 Å². The highest BCUT2D eigenvalue weighted by Crippen LogP contribution is 2.46. The summed E-state index contributed by atoms with van der Waals surface area (Å²) in [6.45, 7) is 0.398. The van der Waals surface area contributed by atoms with Gasteiger partial charge in [-0.1, -0.05) is 0 Å². The topological polar surface area (TPSA) is 83.5 Å². The summed E-state index contributed by atoms with van der Waals surface area (Å²) in [5, 5.41) is 10.1. The first kappa shape index (κ1) is 13.9. The molecule has 0 aromatic carbocycles. The maximum Gasteiger partial charge on any atom is 0.345 e. The molecular formula is C10H13NO4S3. The van der Waals surface area contributed by atoms with E-state index in [1.54, 1.807) is 11.8 Å². The van der Waals surface area contributed by atoms with E-state index >= 15 is 0 Å². The molecule has 1 fully saturated rings. The van der Waals surface area contributed by atoms with E-state index < -0.39 is 16.0 Å². The van der Waals surface area contributed by atoms with Crippen LogP contribution in [0.25, 0.3) is 0 Å². The number of carboxylic acids is 1. The third-order valence-electron chi connectivity index (χ3n) is 2.92. The number of aromatic carboxylic acids is 1. The van der Waals surface area contributed by atoms with Gasteiger partial charge in [0.05, 0.1) is 4.90 Å². The maximum atomic E-state index is 12.0. The summed E-state index contributed by atoms with van der Waals surface area (Å²) in [4.78, 5) is 10.8. The summed E-state index contributed by atoms with van der Waals surface area (Å²) in [5.41, 5.74) is 0. The molecule has 1 aromatic heterocycles. The molecule has 100 valence electrons. The Morgan fingerprint density at radius 3 is 2.72 bits per heavy atom. The summed E-state index contributed by atoms with van der Waals surface area (Å²) in [6, 6.07) is 1.19. The summed E-state index contributed by atoms with van der Waals surface area (Å²) in [5.74, 6) is -1.11. The molecule has 18 heavy (non-hydrogen) atoms. The van der Waals surface area contributed by atoms with Gasteiger partial charge in [-0.15, -0.1) is 11.3 Å². The molecular weight excluding hydrogens is 294 g/mol. The molecule has 1 saturated carbocycles. The van der Waals surface area contributed by atoms with Gasteiger partial charge in [0.1, 0.15) is 4.88 Å². The maximum absolute atomic E-state index is 12.0. The molecule has 1 aliphatic carbocycles. The van der Waals surface area contributed by atoms with Crippen molar-refractivity contribution in [3.63, 3.8) is 0 Å². The number of hydrogen-bond donors (Lipinski definition) is 2. The molecule has 2 rings (SSSR count). The average molecular weight is 307 g/mol. The van der Waals surface area contributed by atoms with Crippen molar-refractivity contribution in [3.05, 3.63) is 16.3 Å². The van der Waals surface area contributed by atoms with Crippen LogP contribution in [0.2, 0.25) is 0 Å². The molecule has 0 amide bonds. The lowest BCUT2D eigenvalue weighted by Gasteiger charge is -2.12. The smallest absolute Gasteiger partial charge is 0.345 e. The first-order valence-corrected chi connectivity index (χ1v) is 8.84. The second-order valence-corrected chi connectivity index (χ2v) is 8.12. The number of thiophene rings is 1. The fourth-order valence-electron chi connectivity index (χ4n) is 1.47. The van der Waals surface area contributed by atoms with Crippen molar-refractivity contribution in [1.29, 1.82) is 0 Å². The zero-order valence-corrected chi connectivity index (χ0v) is 12.1. The molecule has 0 bridgehead atoms. The predicted octanol–water partition coefficient (Wildman–Crippen LogP) is 1.62. The van der Waals surface area contributed by atoms with Gasteiger partial charge in [0.2, 0.25) is 10.0 Å². The predicted molar refractivity (Wildman–Crippen MR) is 71.9 cm³/mol. The van der Waals surface area contributed by atoms with Gasteiger partial charge in [-0.05, 0) is 25.2 Å². The molecule has 0 unspecified atom stereocenters. The molecule has 0 saturated heterocycles. The van der Waals surface area contributed by atoms with Crippen molar-refractivity contribution >= 4 is 39.1 Å². The van der Waals surface area contributed by atoms with Crippen molar-refractivity contribution < 1.29 is 18.3 Å². The molecule has 0 radical (unpaired) electrons. The number of thioether (sulfide) groups is 1. The number of carbonyl (C=O) groups is 1. The van der Waals surface area contributed by atoms with Crippen LogP contribution >= 0.6 is 23.1 Å². The highest BCUT2D eigenvalue weighted by Gasteiger charge is 2.42. The lowest BCUT2D eigenvalue weighted by molar-refractivity contribution is 0.0702. The van der Waals surface area contributed by atoms with Gasteiger partial charge in [-0.2, -0.15) is 11.8 Å². The highest BCUT2D eigenvalue weighted by atomic mass is 32.2. The fourth-order valence-corrected chi connectivity index (χ4v) is 4.53. The molecule has 8 heteroatoms. The Bertz CT molecular complexity index is 559. The normalized spacial score (nSPS) is 17.6. The lowest BCUT2D eigenvalue weighted by atomic mass is 10.4. The zero-order chi connectivity index (χ0) is 13.4. The van der Waals surface area contributed by atoms with Crippen molar-refractivity contribution in [1.82, 2.24) is 4.72 Å². The molecule has 2 N–H and O–H groups in total. The fraction of sp³-hybridized carbons (Fsp3) is 0.500. The minimum atomic E-state index is -3.59. The third kappa shape index (κ3) is 2.87. The summed E-state index contributed by atoms with van der Waals surface area (Å²) in [6.07, 6.45) is 4.00. The van der Waals surface area contributed by atoms with Crippen molar-refractivity contribution in [2.75, 3.05) is 12.8 Å². The van der Waals surface area contributed by atoms with Gasteiger partial charge in [0, 0.05) is 16.7 Å². The highest BCUT2D eigenvalue weighted by molar-refractivity contribution is 8.00. The molecule has 0 spiro atoms. The minimum absolute atomic E-state index is 0.0291. The van der Waals surface area contributed by atoms with E-state index in [2.05, 4.69) is 4.72 Å². The Morgan fingerprint density at radius 1 is 1.61 bits per heavy atom. The zero-order valence-electron chi connectivity index (χ0n) is 9.67. The molecule has 0 atom stereocenters. The van der Waals surface area contributed by atoms with E-state index in [1.165, 1.54) is 11.4 Å². The Morgan fingerprint density at radius 2 is 2.28 bits per heavy atom. The van der Waals surface area contributed by atoms with E-state index in [-0.39, 0.29) is 14.5 Å². The van der Waals surface area contributed by atoms with E-state index in [0.29, 0.717) is 6.54 Å². The average Bonchev–Trinajstić information content (AvgIpc) is 2.91. The number of nitrogens with one attached hydrogen (secondary N) is 1. The van der Waals surface area contributed by atoms with Crippen LogP contribution in [0.15, 0.2) is 16.3 Å². The summed E-state index contributed by atoms with van der Waals surface area (Å²) < 4.78 is 26.5. The molecule has 0 aliphatic heterocycles. The summed E-state index contributed by atoms with van der Waals surface area (Å²) >= 11 is 2.58. The van der Waals surface area contributed by atoms with E-state index in [9.17, 15) is 13.2 Å². The van der Waals surface area contributed by atoms with Gasteiger partial charge in [-0.3, -0.25) is 0 Å². The Labute approximate surface area is 114 Å². The van der Waals surface area contributed by atoms with Crippen LogP contribution in [0.4, 0.5) is 0 Å². The number of rotatable bonds is 6. The standard InChI is InChI=1S/C10H13NO4S3/c1-16-10(2-3-10)6-11-18(14,15)7-4-8(9(12)13)17-5-7/h4-5,11H,2-3,6H2,1H3,(H,12,13). The number of carboxylic acid groups (broad SMARTS) is 1. The number of hydrogen-bond acceptors (Lipinski definition) is 5. The van der Waals surface area contributed by atoms with Crippen LogP contribution in [0, 0.1) is 0 Å². The molecule has 5 nitrogen and oxygen atoms in total. The van der Waals surface area contributed by atoms with E-state index in [0.717, 1.165) is 24.2 Å². The van der Waals surface area contributed by atoms with Gasteiger partial charge in [-0.25, -0.2) is 17.9 Å². The van der Waals surface area contributed by atoms with Crippen LogP contribution in [-0.2, 0) is 10.0 Å². The Balaban J connectivity index is 2.08. The second kappa shape index (κ2) is 4.84. The number of sulfonamides is 1. The van der Waals surface area contributed by atoms with Crippen molar-refractivity contribution in [2.45, 2.75) is 22.5 Å². The second-order valence-electron chi connectivity index (χ2n) is 4.16. The van der Waals surface area contributed by atoms with Gasteiger partial charge >= 0.3 is 5.97 Å². The van der Waals surface area contributed by atoms with Gasteiger partial charge < -0.3 is 5.11 Å². The van der Waals surface area contributed by atoms with Gasteiger partial charge in [0.25, 0.3) is 0 Å². The molecule has 1 heterocycles. The Kier molecular flexibility index (Phi) is 3.72. The van der Waals surface area contributed by atoms with Crippen LogP contribution in [0.5, 0.6) is 0 Å². The van der Waals surface area contributed by atoms with Crippen molar-refractivity contribution in [2.24, 2.45) is 0 Å². The first-order chi connectivity index (χ1) is 8.38. The third-order valence-corrected chi connectivity index (χ3v) is 6.79. The molecule has 1 aliphatic rings. The molecule has 1 aromatic rings.